The summed E-state index contributed by atoms with van der Waals surface area (Å²) in [5.74, 6) is 0.462. The fourth-order valence-electron chi connectivity index (χ4n) is 2.76. The number of nitrogens with zero attached hydrogens (tertiary/aromatic N) is 1. The third-order valence-electron chi connectivity index (χ3n) is 3.28. The number of carbonyl (C=O) groups excluding carboxylic acids is 1. The molecular formula is C12H19NO2. The Morgan fingerprint density at radius 3 is 2.27 bits per heavy atom. The van der Waals surface area contributed by atoms with Gasteiger partial charge in [-0.25, -0.2) is 0 Å². The molecule has 1 aliphatic rings. The van der Waals surface area contributed by atoms with Crippen LogP contribution in [0.2, 0.25) is 0 Å². The van der Waals surface area contributed by atoms with Crippen molar-refractivity contribution in [3.05, 3.63) is 0 Å². The predicted molar refractivity (Wildman–Crippen MR) is 56.8 cm³/mol. The summed E-state index contributed by atoms with van der Waals surface area (Å²) >= 11 is 0. The highest BCUT2D eigenvalue weighted by molar-refractivity contribution is 5.75. The third kappa shape index (κ3) is 2.95. The second-order valence-electron chi connectivity index (χ2n) is 4.81. The molecule has 0 heterocycles. The highest BCUT2D eigenvalue weighted by Gasteiger charge is 2.34. The standard InChI is InChI=1S/C12H19NO2/c1-8-4-9(2)6-10(5-8)11(7-13)12(14)15-3/h8-11H,4-6H2,1-3H3. The first kappa shape index (κ1) is 12.0. The van der Waals surface area contributed by atoms with Gasteiger partial charge in [-0.05, 0) is 37.0 Å². The van der Waals surface area contributed by atoms with E-state index in [1.54, 1.807) is 0 Å². The average Bonchev–Trinajstić information content (AvgIpc) is 2.17. The normalized spacial score (nSPS) is 32.8. The maximum absolute atomic E-state index is 11.4. The molecule has 0 N–H and O–H groups in total. The fourth-order valence-corrected chi connectivity index (χ4v) is 2.76. The molecule has 0 radical (unpaired) electrons. The smallest absolute Gasteiger partial charge is 0.323 e. The molecule has 0 bridgehead atoms. The minimum atomic E-state index is -0.569. The number of carbonyl (C=O) groups is 1. The van der Waals surface area contributed by atoms with Gasteiger partial charge in [-0.3, -0.25) is 4.79 Å². The van der Waals surface area contributed by atoms with Gasteiger partial charge in [0.15, 0.2) is 0 Å². The van der Waals surface area contributed by atoms with Gasteiger partial charge in [0, 0.05) is 0 Å². The van der Waals surface area contributed by atoms with E-state index in [1.807, 2.05) is 0 Å². The van der Waals surface area contributed by atoms with E-state index >= 15 is 0 Å². The average molecular weight is 209 g/mol. The molecule has 3 nitrogen and oxygen atoms in total. The fraction of sp³-hybridized carbons (Fsp3) is 0.833. The molecule has 0 aromatic rings. The first-order valence-electron chi connectivity index (χ1n) is 5.55. The zero-order valence-electron chi connectivity index (χ0n) is 9.69. The van der Waals surface area contributed by atoms with Gasteiger partial charge in [-0.1, -0.05) is 13.8 Å². The van der Waals surface area contributed by atoms with E-state index in [1.165, 1.54) is 13.5 Å². The van der Waals surface area contributed by atoms with Crippen LogP contribution in [0.15, 0.2) is 0 Å². The van der Waals surface area contributed by atoms with E-state index in [4.69, 9.17) is 5.26 Å². The SMILES string of the molecule is COC(=O)C(C#N)C1CC(C)CC(C)C1. The van der Waals surface area contributed by atoms with Crippen molar-refractivity contribution in [1.82, 2.24) is 0 Å². The van der Waals surface area contributed by atoms with E-state index in [0.717, 1.165) is 12.8 Å². The number of rotatable bonds is 2. The summed E-state index contributed by atoms with van der Waals surface area (Å²) in [5, 5.41) is 9.00. The van der Waals surface area contributed by atoms with Crippen molar-refractivity contribution in [3.63, 3.8) is 0 Å². The summed E-state index contributed by atoms with van der Waals surface area (Å²) in [5.41, 5.74) is 0. The molecule has 0 aromatic heterocycles. The third-order valence-corrected chi connectivity index (χ3v) is 3.28. The van der Waals surface area contributed by atoms with Crippen molar-refractivity contribution in [2.24, 2.45) is 23.7 Å². The second-order valence-corrected chi connectivity index (χ2v) is 4.81. The van der Waals surface area contributed by atoms with Gasteiger partial charge < -0.3 is 4.74 Å². The molecule has 0 aromatic carbocycles. The zero-order valence-corrected chi connectivity index (χ0v) is 9.69. The van der Waals surface area contributed by atoms with Crippen molar-refractivity contribution >= 4 is 5.97 Å². The second kappa shape index (κ2) is 5.16. The number of hydrogen-bond acceptors (Lipinski definition) is 3. The lowest BCUT2D eigenvalue weighted by atomic mass is 9.72. The van der Waals surface area contributed by atoms with E-state index < -0.39 is 5.92 Å². The summed E-state index contributed by atoms with van der Waals surface area (Å²) in [4.78, 5) is 11.4. The maximum Gasteiger partial charge on any atom is 0.323 e. The zero-order chi connectivity index (χ0) is 11.4. The van der Waals surface area contributed by atoms with Crippen LogP contribution >= 0.6 is 0 Å². The molecule has 1 aliphatic carbocycles. The molecule has 3 unspecified atom stereocenters. The van der Waals surface area contributed by atoms with Gasteiger partial charge in [-0.2, -0.15) is 5.26 Å². The van der Waals surface area contributed by atoms with E-state index in [0.29, 0.717) is 11.8 Å². The Morgan fingerprint density at radius 1 is 1.33 bits per heavy atom. The topological polar surface area (TPSA) is 50.1 Å². The Balaban J connectivity index is 2.68. The minimum absolute atomic E-state index is 0.182. The summed E-state index contributed by atoms with van der Waals surface area (Å²) < 4.78 is 4.67. The van der Waals surface area contributed by atoms with Crippen LogP contribution in [-0.4, -0.2) is 13.1 Å². The van der Waals surface area contributed by atoms with Crippen LogP contribution in [-0.2, 0) is 9.53 Å². The van der Waals surface area contributed by atoms with Gasteiger partial charge in [0.25, 0.3) is 0 Å². The van der Waals surface area contributed by atoms with Crippen LogP contribution in [0.3, 0.4) is 0 Å². The molecule has 0 amide bonds. The first-order valence-corrected chi connectivity index (χ1v) is 5.55. The monoisotopic (exact) mass is 209 g/mol. The quantitative estimate of drug-likeness (QED) is 0.656. The predicted octanol–water partition coefficient (Wildman–Crippen LogP) is 2.37. The Labute approximate surface area is 91.4 Å². The summed E-state index contributed by atoms with van der Waals surface area (Å²) in [6.45, 7) is 4.38. The van der Waals surface area contributed by atoms with Crippen molar-refractivity contribution in [1.29, 1.82) is 5.26 Å². The minimum Gasteiger partial charge on any atom is -0.468 e. The molecular weight excluding hydrogens is 190 g/mol. The molecule has 3 heteroatoms. The van der Waals surface area contributed by atoms with Crippen LogP contribution in [0.1, 0.15) is 33.1 Å². The summed E-state index contributed by atoms with van der Waals surface area (Å²) in [6, 6.07) is 2.09. The van der Waals surface area contributed by atoms with Crippen molar-refractivity contribution in [3.8, 4) is 6.07 Å². The van der Waals surface area contributed by atoms with E-state index in [2.05, 4.69) is 24.7 Å². The lowest BCUT2D eigenvalue weighted by molar-refractivity contribution is -0.145. The Hall–Kier alpha value is -1.04. The van der Waals surface area contributed by atoms with E-state index in [9.17, 15) is 4.79 Å². The lowest BCUT2D eigenvalue weighted by Gasteiger charge is -2.32. The number of ether oxygens (including phenoxy) is 1. The first-order chi connectivity index (χ1) is 7.08. The van der Waals surface area contributed by atoms with Crippen molar-refractivity contribution in [2.75, 3.05) is 7.11 Å². The number of hydrogen-bond donors (Lipinski definition) is 0. The van der Waals surface area contributed by atoms with Crippen LogP contribution in [0.25, 0.3) is 0 Å². The molecule has 1 fully saturated rings. The summed E-state index contributed by atoms with van der Waals surface area (Å²) in [6.07, 6.45) is 3.14. The molecule has 84 valence electrons. The van der Waals surface area contributed by atoms with Gasteiger partial charge in [0.2, 0.25) is 0 Å². The van der Waals surface area contributed by atoms with Gasteiger partial charge in [0.1, 0.15) is 5.92 Å². The molecule has 0 saturated heterocycles. The van der Waals surface area contributed by atoms with Crippen LogP contribution in [0, 0.1) is 35.0 Å². The van der Waals surface area contributed by atoms with Crippen molar-refractivity contribution < 1.29 is 9.53 Å². The Bertz CT molecular complexity index is 259. The van der Waals surface area contributed by atoms with Gasteiger partial charge in [-0.15, -0.1) is 0 Å². The highest BCUT2D eigenvalue weighted by Crippen LogP contribution is 2.37. The molecule has 3 atom stereocenters. The Morgan fingerprint density at radius 2 is 1.87 bits per heavy atom. The van der Waals surface area contributed by atoms with Gasteiger partial charge in [0.05, 0.1) is 13.2 Å². The van der Waals surface area contributed by atoms with Crippen molar-refractivity contribution in [2.45, 2.75) is 33.1 Å². The number of methoxy groups -OCH3 is 1. The Kier molecular flexibility index (Phi) is 4.14. The maximum atomic E-state index is 11.4. The molecule has 0 aliphatic heterocycles. The summed E-state index contributed by atoms with van der Waals surface area (Å²) in [7, 11) is 1.35. The van der Waals surface area contributed by atoms with Gasteiger partial charge >= 0.3 is 5.97 Å². The number of nitriles is 1. The van der Waals surface area contributed by atoms with Crippen LogP contribution in [0.5, 0.6) is 0 Å². The van der Waals surface area contributed by atoms with Crippen LogP contribution in [0.4, 0.5) is 0 Å². The number of esters is 1. The van der Waals surface area contributed by atoms with Crippen LogP contribution < -0.4 is 0 Å². The molecule has 15 heavy (non-hydrogen) atoms. The van der Waals surface area contributed by atoms with E-state index in [-0.39, 0.29) is 11.9 Å². The largest absolute Gasteiger partial charge is 0.468 e. The molecule has 1 saturated carbocycles. The lowest BCUT2D eigenvalue weighted by Crippen LogP contribution is -2.30. The molecule has 1 rings (SSSR count). The molecule has 0 spiro atoms. The highest BCUT2D eigenvalue weighted by atomic mass is 16.5.